The van der Waals surface area contributed by atoms with E-state index in [9.17, 15) is 8.42 Å². The van der Waals surface area contributed by atoms with Crippen molar-refractivity contribution < 1.29 is 17.9 Å². The molecule has 0 saturated carbocycles. The van der Waals surface area contributed by atoms with Crippen molar-refractivity contribution in [3.05, 3.63) is 60.4 Å². The Balaban J connectivity index is 1.54. The molecule has 1 saturated heterocycles. The number of anilines is 1. The highest BCUT2D eigenvalue weighted by molar-refractivity contribution is 7.91. The summed E-state index contributed by atoms with van der Waals surface area (Å²) in [5.41, 5.74) is 2.00. The number of aromatic nitrogens is 7. The average Bonchev–Trinajstić information content (AvgIpc) is 3.35. The van der Waals surface area contributed by atoms with Crippen LogP contribution in [-0.2, 0) is 15.6 Å². The molecule has 0 bridgehead atoms. The van der Waals surface area contributed by atoms with E-state index in [1.54, 1.807) is 17.0 Å². The number of piperidine rings is 1. The normalized spacial score (nSPS) is 15.9. The van der Waals surface area contributed by atoms with Crippen molar-refractivity contribution in [1.29, 1.82) is 0 Å². The molecule has 0 N–H and O–H groups in total. The van der Waals surface area contributed by atoms with Gasteiger partial charge in [-0.3, -0.25) is 4.57 Å². The number of nitrogens with zero attached hydrogens (tertiary/aromatic N) is 8. The molecule has 198 valence electrons. The molecule has 1 fully saturated rings. The summed E-state index contributed by atoms with van der Waals surface area (Å²) < 4.78 is 40.2. The van der Waals surface area contributed by atoms with E-state index >= 15 is 0 Å². The fourth-order valence-corrected chi connectivity index (χ4v) is 6.23. The van der Waals surface area contributed by atoms with Gasteiger partial charge in [0, 0.05) is 31.0 Å². The molecule has 1 aliphatic heterocycles. The molecule has 38 heavy (non-hydrogen) atoms. The summed E-state index contributed by atoms with van der Waals surface area (Å²) in [5.74, 6) is 1.21. The van der Waals surface area contributed by atoms with Crippen molar-refractivity contribution in [2.75, 3.05) is 32.2 Å². The highest BCUT2D eigenvalue weighted by atomic mass is 32.2. The molecule has 1 atom stereocenters. The van der Waals surface area contributed by atoms with Crippen molar-refractivity contribution in [2.45, 2.75) is 30.8 Å². The molecule has 0 aliphatic carbocycles. The van der Waals surface area contributed by atoms with Gasteiger partial charge in [-0.25, -0.2) is 18.4 Å². The minimum Gasteiger partial charge on any atom is -0.479 e. The molecular weight excluding hydrogens is 508 g/mol. The molecule has 0 amide bonds. The molecule has 5 rings (SSSR count). The van der Waals surface area contributed by atoms with Gasteiger partial charge in [-0.2, -0.15) is 9.97 Å². The summed E-state index contributed by atoms with van der Waals surface area (Å²) in [4.78, 5) is 19.1. The predicted molar refractivity (Wildman–Crippen MR) is 140 cm³/mol. The lowest BCUT2D eigenvalue weighted by molar-refractivity contribution is 0.368. The third-order valence-corrected chi connectivity index (χ3v) is 8.46. The average molecular weight is 537 g/mol. The predicted octanol–water partition coefficient (Wildman–Crippen LogP) is 2.42. The Morgan fingerprint density at radius 2 is 1.66 bits per heavy atom. The number of hydrogen-bond donors (Lipinski definition) is 0. The standard InChI is InChI=1S/C25H28N8O4S/c1-17-12-26-25(27-13-17)32-11-7-10-19(14-32)38(34,35)15-20-30-31-22(18-8-5-4-6-9-18)33(20)21-23(36-2)28-16-29-24(21)37-3/h4-6,8-9,12-13,16,19H,7,10-11,14-15H2,1-3H3/t19-/m1/s1. The lowest BCUT2D eigenvalue weighted by atomic mass is 10.1. The van der Waals surface area contributed by atoms with Crippen LogP contribution in [0.5, 0.6) is 11.8 Å². The Morgan fingerprint density at radius 3 is 2.32 bits per heavy atom. The summed E-state index contributed by atoms with van der Waals surface area (Å²) in [6.07, 6.45) is 6.02. The van der Waals surface area contributed by atoms with Gasteiger partial charge in [0.15, 0.2) is 27.2 Å². The van der Waals surface area contributed by atoms with Crippen LogP contribution in [0.3, 0.4) is 0 Å². The van der Waals surface area contributed by atoms with Gasteiger partial charge in [0.1, 0.15) is 12.1 Å². The molecule has 4 heterocycles. The first kappa shape index (κ1) is 25.5. The largest absolute Gasteiger partial charge is 0.479 e. The second-order valence-electron chi connectivity index (χ2n) is 8.96. The number of ether oxygens (including phenoxy) is 2. The first-order valence-corrected chi connectivity index (χ1v) is 13.8. The van der Waals surface area contributed by atoms with E-state index in [1.807, 2.05) is 42.2 Å². The first-order chi connectivity index (χ1) is 18.4. The number of sulfone groups is 1. The second kappa shape index (κ2) is 10.7. The topological polar surface area (TPSA) is 138 Å². The molecule has 0 spiro atoms. The summed E-state index contributed by atoms with van der Waals surface area (Å²) in [6.45, 7) is 2.90. The van der Waals surface area contributed by atoms with Crippen LogP contribution in [0, 0.1) is 6.92 Å². The Kier molecular flexibility index (Phi) is 7.18. The van der Waals surface area contributed by atoms with Crippen LogP contribution in [0.15, 0.2) is 49.1 Å². The number of methoxy groups -OCH3 is 2. The van der Waals surface area contributed by atoms with Gasteiger partial charge in [0.25, 0.3) is 0 Å². The second-order valence-corrected chi connectivity index (χ2v) is 11.2. The minimum absolute atomic E-state index is 0.202. The summed E-state index contributed by atoms with van der Waals surface area (Å²) in [6, 6.07) is 9.34. The fraction of sp³-hybridized carbons (Fsp3) is 0.360. The zero-order valence-corrected chi connectivity index (χ0v) is 22.2. The lowest BCUT2D eigenvalue weighted by Crippen LogP contribution is -2.43. The first-order valence-electron chi connectivity index (χ1n) is 12.1. The van der Waals surface area contributed by atoms with Crippen molar-refractivity contribution >= 4 is 15.8 Å². The van der Waals surface area contributed by atoms with Crippen molar-refractivity contribution in [1.82, 2.24) is 34.7 Å². The Morgan fingerprint density at radius 1 is 0.974 bits per heavy atom. The van der Waals surface area contributed by atoms with E-state index in [0.29, 0.717) is 43.4 Å². The molecule has 3 aromatic heterocycles. The number of rotatable bonds is 8. The molecule has 0 radical (unpaired) electrons. The maximum absolute atomic E-state index is 13.8. The molecule has 1 aliphatic rings. The van der Waals surface area contributed by atoms with Crippen LogP contribution >= 0.6 is 0 Å². The van der Waals surface area contributed by atoms with E-state index in [2.05, 4.69) is 30.1 Å². The van der Waals surface area contributed by atoms with Gasteiger partial charge in [-0.05, 0) is 25.3 Å². The van der Waals surface area contributed by atoms with Crippen LogP contribution in [0.1, 0.15) is 24.2 Å². The van der Waals surface area contributed by atoms with Gasteiger partial charge in [0.2, 0.25) is 17.7 Å². The maximum atomic E-state index is 13.8. The number of aryl methyl sites for hydroxylation is 1. The monoisotopic (exact) mass is 536 g/mol. The summed E-state index contributed by atoms with van der Waals surface area (Å²) in [7, 11) is -0.726. The van der Waals surface area contributed by atoms with Crippen molar-refractivity contribution in [2.24, 2.45) is 0 Å². The van der Waals surface area contributed by atoms with Crippen LogP contribution in [0.4, 0.5) is 5.95 Å². The zero-order valence-electron chi connectivity index (χ0n) is 21.4. The van der Waals surface area contributed by atoms with Gasteiger partial charge >= 0.3 is 0 Å². The van der Waals surface area contributed by atoms with Crippen molar-refractivity contribution in [3.8, 4) is 28.8 Å². The van der Waals surface area contributed by atoms with E-state index in [1.165, 1.54) is 20.5 Å². The smallest absolute Gasteiger partial charge is 0.245 e. The van der Waals surface area contributed by atoms with E-state index in [4.69, 9.17) is 9.47 Å². The molecule has 4 aromatic rings. The highest BCUT2D eigenvalue weighted by Gasteiger charge is 2.34. The number of hydrogen-bond acceptors (Lipinski definition) is 11. The minimum atomic E-state index is -3.67. The third-order valence-electron chi connectivity index (χ3n) is 6.39. The van der Waals surface area contributed by atoms with Gasteiger partial charge in [0.05, 0.1) is 19.5 Å². The third kappa shape index (κ3) is 5.01. The Hall–Kier alpha value is -4.13. The lowest BCUT2D eigenvalue weighted by Gasteiger charge is -2.32. The fourth-order valence-electron chi connectivity index (χ4n) is 4.52. The summed E-state index contributed by atoms with van der Waals surface area (Å²) >= 11 is 0. The molecule has 0 unspecified atom stereocenters. The van der Waals surface area contributed by atoms with E-state index < -0.39 is 15.1 Å². The molecule has 13 heteroatoms. The number of benzene rings is 1. The Labute approximate surface area is 220 Å². The highest BCUT2D eigenvalue weighted by Crippen LogP contribution is 2.34. The van der Waals surface area contributed by atoms with E-state index in [-0.39, 0.29) is 23.3 Å². The Bertz CT molecular complexity index is 1490. The molecular formula is C25H28N8O4S. The molecule has 1 aromatic carbocycles. The van der Waals surface area contributed by atoms with Crippen LogP contribution in [0.2, 0.25) is 0 Å². The van der Waals surface area contributed by atoms with Crippen LogP contribution < -0.4 is 14.4 Å². The van der Waals surface area contributed by atoms with Crippen LogP contribution in [-0.4, -0.2) is 75.7 Å². The van der Waals surface area contributed by atoms with Crippen molar-refractivity contribution in [3.63, 3.8) is 0 Å². The maximum Gasteiger partial charge on any atom is 0.245 e. The van der Waals surface area contributed by atoms with Gasteiger partial charge in [-0.1, -0.05) is 30.3 Å². The quantitative estimate of drug-likeness (QED) is 0.328. The van der Waals surface area contributed by atoms with Gasteiger partial charge in [-0.15, -0.1) is 10.2 Å². The zero-order chi connectivity index (χ0) is 26.7. The van der Waals surface area contributed by atoms with Gasteiger partial charge < -0.3 is 14.4 Å². The van der Waals surface area contributed by atoms with Crippen LogP contribution in [0.25, 0.3) is 17.1 Å². The molecule has 12 nitrogen and oxygen atoms in total. The van der Waals surface area contributed by atoms with E-state index in [0.717, 1.165) is 11.1 Å². The summed E-state index contributed by atoms with van der Waals surface area (Å²) in [5, 5.41) is 8.06. The SMILES string of the molecule is COc1ncnc(OC)c1-n1c(CS(=O)(=O)[C@@H]2CCCN(c3ncc(C)cn3)C2)nnc1-c1ccccc1.